The molecule has 4 aromatic carbocycles. The zero-order valence-electron chi connectivity index (χ0n) is 16.9. The summed E-state index contributed by atoms with van der Waals surface area (Å²) in [7, 11) is 1.89. The first-order valence-corrected chi connectivity index (χ1v) is 9.93. The standard InChI is InChI=1S/C26H24N4/c1-28-23-15-8-13-21(17-23)26(30-25(27)20-10-3-2-4-11-20)29-18-22-14-7-12-19-9-5-6-16-24(19)22/h2-18,25,28H,27H2,1H3. The Bertz CT molecular complexity index is 1190. The Labute approximate surface area is 176 Å². The van der Waals surface area contributed by atoms with E-state index in [0.717, 1.165) is 27.8 Å². The number of hydrogen-bond acceptors (Lipinski definition) is 3. The van der Waals surface area contributed by atoms with Crippen LogP contribution in [0.25, 0.3) is 10.8 Å². The lowest BCUT2D eigenvalue weighted by Crippen LogP contribution is -2.11. The smallest absolute Gasteiger partial charge is 0.156 e. The maximum absolute atomic E-state index is 6.39. The van der Waals surface area contributed by atoms with E-state index in [-0.39, 0.29) is 0 Å². The van der Waals surface area contributed by atoms with Gasteiger partial charge < -0.3 is 11.1 Å². The number of rotatable bonds is 5. The highest BCUT2D eigenvalue weighted by Gasteiger charge is 2.09. The van der Waals surface area contributed by atoms with E-state index in [1.807, 2.05) is 86.1 Å². The van der Waals surface area contributed by atoms with Crippen LogP contribution in [0, 0.1) is 0 Å². The Kier molecular flexibility index (Phi) is 5.97. The molecule has 30 heavy (non-hydrogen) atoms. The topological polar surface area (TPSA) is 62.8 Å². The molecular formula is C26H24N4. The van der Waals surface area contributed by atoms with Crippen molar-refractivity contribution in [1.82, 2.24) is 0 Å². The zero-order chi connectivity index (χ0) is 20.8. The fourth-order valence-corrected chi connectivity index (χ4v) is 3.35. The van der Waals surface area contributed by atoms with Crippen LogP contribution in [0.5, 0.6) is 0 Å². The van der Waals surface area contributed by atoms with Gasteiger partial charge in [0.05, 0.1) is 0 Å². The van der Waals surface area contributed by atoms with Crippen LogP contribution >= 0.6 is 0 Å². The van der Waals surface area contributed by atoms with Gasteiger partial charge in [0.1, 0.15) is 6.17 Å². The number of aliphatic imine (C=N–C) groups is 2. The van der Waals surface area contributed by atoms with E-state index < -0.39 is 6.17 Å². The molecule has 148 valence electrons. The summed E-state index contributed by atoms with van der Waals surface area (Å²) in [6, 6.07) is 32.3. The van der Waals surface area contributed by atoms with Gasteiger partial charge in [-0.25, -0.2) is 9.98 Å². The monoisotopic (exact) mass is 392 g/mol. The lowest BCUT2D eigenvalue weighted by Gasteiger charge is -2.10. The Morgan fingerprint density at radius 1 is 0.867 bits per heavy atom. The van der Waals surface area contributed by atoms with Crippen LogP contribution in [0.3, 0.4) is 0 Å². The number of nitrogens with zero attached hydrogens (tertiary/aromatic N) is 2. The van der Waals surface area contributed by atoms with Crippen LogP contribution in [0.4, 0.5) is 5.69 Å². The predicted octanol–water partition coefficient (Wildman–Crippen LogP) is 5.40. The lowest BCUT2D eigenvalue weighted by molar-refractivity contribution is 0.775. The number of amidine groups is 1. The van der Waals surface area contributed by atoms with Crippen molar-refractivity contribution in [2.45, 2.75) is 6.17 Å². The predicted molar refractivity (Wildman–Crippen MR) is 127 cm³/mol. The Hall–Kier alpha value is -3.76. The van der Waals surface area contributed by atoms with E-state index in [1.165, 1.54) is 5.39 Å². The molecule has 4 nitrogen and oxygen atoms in total. The van der Waals surface area contributed by atoms with Gasteiger partial charge in [-0.05, 0) is 28.5 Å². The molecule has 4 heteroatoms. The zero-order valence-corrected chi connectivity index (χ0v) is 16.9. The molecule has 4 rings (SSSR count). The third-order valence-electron chi connectivity index (χ3n) is 4.96. The third-order valence-corrected chi connectivity index (χ3v) is 4.96. The molecule has 1 unspecified atom stereocenters. The largest absolute Gasteiger partial charge is 0.388 e. The summed E-state index contributed by atoms with van der Waals surface area (Å²) in [4.78, 5) is 9.53. The van der Waals surface area contributed by atoms with Crippen molar-refractivity contribution in [2.24, 2.45) is 15.7 Å². The number of nitrogens with two attached hydrogens (primary N) is 1. The number of hydrogen-bond donors (Lipinski definition) is 2. The molecule has 3 N–H and O–H groups in total. The summed E-state index contributed by atoms with van der Waals surface area (Å²) in [5, 5.41) is 5.50. The van der Waals surface area contributed by atoms with Crippen LogP contribution in [0.1, 0.15) is 22.9 Å². The molecule has 0 aliphatic heterocycles. The molecule has 0 fully saturated rings. The van der Waals surface area contributed by atoms with E-state index in [4.69, 9.17) is 15.7 Å². The maximum Gasteiger partial charge on any atom is 0.156 e. The van der Waals surface area contributed by atoms with Crippen molar-refractivity contribution < 1.29 is 0 Å². The van der Waals surface area contributed by atoms with Gasteiger partial charge in [0.2, 0.25) is 0 Å². The maximum atomic E-state index is 6.39. The highest BCUT2D eigenvalue weighted by atomic mass is 15.0. The van der Waals surface area contributed by atoms with Gasteiger partial charge in [-0.1, -0.05) is 84.9 Å². The summed E-state index contributed by atoms with van der Waals surface area (Å²) < 4.78 is 0. The normalized spacial score (nSPS) is 12.9. The second-order valence-electron chi connectivity index (χ2n) is 6.97. The van der Waals surface area contributed by atoms with Crippen LogP contribution in [-0.4, -0.2) is 19.1 Å². The van der Waals surface area contributed by atoms with Crippen molar-refractivity contribution in [3.8, 4) is 0 Å². The van der Waals surface area contributed by atoms with Gasteiger partial charge in [-0.15, -0.1) is 0 Å². The molecule has 0 radical (unpaired) electrons. The average Bonchev–Trinajstić information content (AvgIpc) is 2.82. The molecule has 4 aromatic rings. The molecule has 0 amide bonds. The summed E-state index contributed by atoms with van der Waals surface area (Å²) >= 11 is 0. The molecular weight excluding hydrogens is 368 g/mol. The van der Waals surface area contributed by atoms with Gasteiger partial charge in [-0.3, -0.25) is 0 Å². The summed E-state index contributed by atoms with van der Waals surface area (Å²) in [6.45, 7) is 0. The van der Waals surface area contributed by atoms with Crippen molar-refractivity contribution in [1.29, 1.82) is 0 Å². The Balaban J connectivity index is 1.76. The first-order valence-electron chi connectivity index (χ1n) is 9.93. The van der Waals surface area contributed by atoms with Gasteiger partial charge in [0, 0.05) is 30.1 Å². The molecule has 0 spiro atoms. The molecule has 0 heterocycles. The van der Waals surface area contributed by atoms with Gasteiger partial charge >= 0.3 is 0 Å². The minimum absolute atomic E-state index is 0.496. The average molecular weight is 393 g/mol. The van der Waals surface area contributed by atoms with Crippen LogP contribution in [0.15, 0.2) is 107 Å². The Morgan fingerprint density at radius 3 is 2.43 bits per heavy atom. The molecule has 0 saturated carbocycles. The molecule has 0 aromatic heterocycles. The first kappa shape index (κ1) is 19.6. The second-order valence-corrected chi connectivity index (χ2v) is 6.97. The van der Waals surface area contributed by atoms with Crippen LogP contribution < -0.4 is 11.1 Å². The molecule has 0 aliphatic carbocycles. The fraction of sp³-hybridized carbons (Fsp3) is 0.0769. The van der Waals surface area contributed by atoms with E-state index in [2.05, 4.69) is 29.6 Å². The molecule has 0 saturated heterocycles. The summed E-state index contributed by atoms with van der Waals surface area (Å²) in [5.74, 6) is 0.594. The highest BCUT2D eigenvalue weighted by molar-refractivity contribution is 6.09. The number of benzene rings is 4. The van der Waals surface area contributed by atoms with Gasteiger partial charge in [0.15, 0.2) is 5.84 Å². The van der Waals surface area contributed by atoms with Crippen molar-refractivity contribution in [3.63, 3.8) is 0 Å². The minimum Gasteiger partial charge on any atom is -0.388 e. The number of nitrogens with one attached hydrogen (secondary N) is 1. The molecule has 0 aliphatic rings. The van der Waals surface area contributed by atoms with Crippen molar-refractivity contribution >= 4 is 28.5 Å². The number of anilines is 1. The van der Waals surface area contributed by atoms with Crippen molar-refractivity contribution in [2.75, 3.05) is 12.4 Å². The van der Waals surface area contributed by atoms with E-state index in [9.17, 15) is 0 Å². The van der Waals surface area contributed by atoms with Crippen LogP contribution in [0.2, 0.25) is 0 Å². The third kappa shape index (κ3) is 4.45. The first-order chi connectivity index (χ1) is 14.7. The van der Waals surface area contributed by atoms with E-state index in [1.54, 1.807) is 0 Å². The summed E-state index contributed by atoms with van der Waals surface area (Å²) in [5.41, 5.74) is 10.3. The van der Waals surface area contributed by atoms with Gasteiger partial charge in [-0.2, -0.15) is 0 Å². The van der Waals surface area contributed by atoms with Gasteiger partial charge in [0.25, 0.3) is 0 Å². The molecule has 0 bridgehead atoms. The van der Waals surface area contributed by atoms with E-state index >= 15 is 0 Å². The second kappa shape index (κ2) is 9.16. The van der Waals surface area contributed by atoms with Crippen molar-refractivity contribution in [3.05, 3.63) is 114 Å². The van der Waals surface area contributed by atoms with E-state index in [0.29, 0.717) is 5.84 Å². The SMILES string of the molecule is CNc1cccc(C(N=Cc2cccc3ccccc23)=NC(N)c2ccccc2)c1. The summed E-state index contributed by atoms with van der Waals surface area (Å²) in [6.07, 6.45) is 1.37. The minimum atomic E-state index is -0.496. The van der Waals surface area contributed by atoms with Crippen LogP contribution in [-0.2, 0) is 0 Å². The Morgan fingerprint density at radius 2 is 1.60 bits per heavy atom. The molecule has 1 atom stereocenters. The fourth-order valence-electron chi connectivity index (χ4n) is 3.35. The number of fused-ring (bicyclic) bond motifs is 1. The lowest BCUT2D eigenvalue weighted by atomic mass is 10.1. The highest BCUT2D eigenvalue weighted by Crippen LogP contribution is 2.19. The quantitative estimate of drug-likeness (QED) is 0.353.